The Morgan fingerprint density at radius 1 is 1.22 bits per heavy atom. The number of carbonyl (C=O) groups is 1. The van der Waals surface area contributed by atoms with Crippen molar-refractivity contribution in [3.63, 3.8) is 0 Å². The van der Waals surface area contributed by atoms with Crippen LogP contribution >= 0.6 is 11.6 Å². The molecule has 0 radical (unpaired) electrons. The van der Waals surface area contributed by atoms with Crippen LogP contribution in [0, 0.1) is 24.0 Å². The van der Waals surface area contributed by atoms with Crippen LogP contribution in [0.5, 0.6) is 5.75 Å². The molecule has 0 saturated heterocycles. The van der Waals surface area contributed by atoms with E-state index in [1.165, 1.54) is 25.6 Å². The number of carbonyl (C=O) groups excluding carboxylic acids is 1. The van der Waals surface area contributed by atoms with E-state index in [2.05, 4.69) is 15.3 Å². The summed E-state index contributed by atoms with van der Waals surface area (Å²) in [5, 5.41) is 12.4. The Hall–Kier alpha value is -4.12. The SMILES string of the molecule is COc1ccc(C(=N)c2c(N)ncnc2NC(C)C(=Nc2cccc(Cl)c2C)N(C=O)C2CCCCC2)c(F)c1F. The quantitative estimate of drug-likeness (QED) is 0.160. The fraction of sp³-hybridized carbons (Fsp3) is 0.345. The van der Waals surface area contributed by atoms with Gasteiger partial charge in [0.25, 0.3) is 0 Å². The van der Waals surface area contributed by atoms with Crippen LogP contribution in [0.1, 0.15) is 55.7 Å². The Morgan fingerprint density at radius 2 is 1.95 bits per heavy atom. The first-order valence-electron chi connectivity index (χ1n) is 13.2. The standard InChI is InChI=1S/C29H32ClF2N7O2/c1-16-20(30)10-7-11-21(16)38-29(39(15-40)18-8-5-4-6-9-18)17(2)37-28-23(27(34)35-14-36-28)26(33)19-12-13-22(41-3)25(32)24(19)31/h7,10-15,17-18,33H,4-6,8-9H2,1-3H3,(H3,34,35,36,37). The third-order valence-electron chi connectivity index (χ3n) is 7.22. The van der Waals surface area contributed by atoms with E-state index in [0.29, 0.717) is 16.5 Å². The minimum Gasteiger partial charge on any atom is -0.494 e. The fourth-order valence-corrected chi connectivity index (χ4v) is 5.12. The van der Waals surface area contributed by atoms with Crippen molar-refractivity contribution in [2.24, 2.45) is 4.99 Å². The van der Waals surface area contributed by atoms with Crippen molar-refractivity contribution >= 4 is 46.9 Å². The van der Waals surface area contributed by atoms with E-state index >= 15 is 0 Å². The zero-order valence-corrected chi connectivity index (χ0v) is 23.8. The van der Waals surface area contributed by atoms with Crippen molar-refractivity contribution in [1.29, 1.82) is 5.41 Å². The van der Waals surface area contributed by atoms with E-state index in [-0.39, 0.29) is 34.6 Å². The summed E-state index contributed by atoms with van der Waals surface area (Å²) in [5.41, 5.74) is 6.67. The van der Waals surface area contributed by atoms with Crippen molar-refractivity contribution < 1.29 is 18.3 Å². The number of benzene rings is 2. The number of amides is 1. The summed E-state index contributed by atoms with van der Waals surface area (Å²) < 4.78 is 34.3. The number of methoxy groups -OCH3 is 1. The molecule has 4 N–H and O–H groups in total. The van der Waals surface area contributed by atoms with Gasteiger partial charge in [-0.2, -0.15) is 4.39 Å². The second kappa shape index (κ2) is 13.0. The zero-order chi connectivity index (χ0) is 29.7. The molecule has 12 heteroatoms. The third-order valence-corrected chi connectivity index (χ3v) is 7.63. The highest BCUT2D eigenvalue weighted by Crippen LogP contribution is 2.31. The number of aliphatic imine (C=N–C) groups is 1. The van der Waals surface area contributed by atoms with E-state index in [0.717, 1.165) is 44.1 Å². The molecule has 0 bridgehead atoms. The normalized spacial score (nSPS) is 14.8. The second-order valence-electron chi connectivity index (χ2n) is 9.83. The fourth-order valence-electron chi connectivity index (χ4n) is 4.95. The molecule has 9 nitrogen and oxygen atoms in total. The van der Waals surface area contributed by atoms with Crippen molar-refractivity contribution in [3.8, 4) is 5.75 Å². The lowest BCUT2D eigenvalue weighted by atomic mass is 9.94. The molecule has 1 aliphatic rings. The Labute approximate surface area is 242 Å². The van der Waals surface area contributed by atoms with Crippen molar-refractivity contribution in [3.05, 3.63) is 70.0 Å². The summed E-state index contributed by atoms with van der Waals surface area (Å²) in [7, 11) is 1.22. The van der Waals surface area contributed by atoms with E-state index < -0.39 is 23.4 Å². The van der Waals surface area contributed by atoms with Gasteiger partial charge in [-0.1, -0.05) is 36.9 Å². The number of anilines is 2. The molecule has 3 aromatic rings. The monoisotopic (exact) mass is 583 g/mol. The van der Waals surface area contributed by atoms with E-state index in [1.807, 2.05) is 13.0 Å². The van der Waals surface area contributed by atoms with Gasteiger partial charge in [-0.3, -0.25) is 15.1 Å². The molecule has 1 saturated carbocycles. The number of ether oxygens (including phenoxy) is 1. The molecule has 216 valence electrons. The molecule has 0 aliphatic heterocycles. The Balaban J connectivity index is 1.77. The summed E-state index contributed by atoms with van der Waals surface area (Å²) in [6.45, 7) is 3.63. The topological polar surface area (TPSA) is 130 Å². The molecule has 1 atom stereocenters. The van der Waals surface area contributed by atoms with Gasteiger partial charge < -0.3 is 15.8 Å². The first kappa shape index (κ1) is 29.9. The van der Waals surface area contributed by atoms with Crippen LogP contribution in [0.25, 0.3) is 0 Å². The molecule has 1 fully saturated rings. The van der Waals surface area contributed by atoms with Gasteiger partial charge in [-0.05, 0) is 56.5 Å². The summed E-state index contributed by atoms with van der Waals surface area (Å²) in [6.07, 6.45) is 6.73. The number of nitrogen functional groups attached to an aromatic ring is 1. The van der Waals surface area contributed by atoms with Crippen LogP contribution in [0.15, 0.2) is 41.7 Å². The predicted octanol–water partition coefficient (Wildman–Crippen LogP) is 6.05. The summed E-state index contributed by atoms with van der Waals surface area (Å²) in [6, 6.07) is 7.12. The van der Waals surface area contributed by atoms with Gasteiger partial charge in [0.05, 0.1) is 30.1 Å². The Bertz CT molecular complexity index is 1480. The van der Waals surface area contributed by atoms with E-state index in [4.69, 9.17) is 32.5 Å². The van der Waals surface area contributed by atoms with Gasteiger partial charge in [-0.15, -0.1) is 0 Å². The maximum Gasteiger partial charge on any atom is 0.215 e. The van der Waals surface area contributed by atoms with Gasteiger partial charge in [0.1, 0.15) is 23.8 Å². The number of amidine groups is 1. The van der Waals surface area contributed by atoms with Crippen molar-refractivity contribution in [2.75, 3.05) is 18.2 Å². The molecule has 1 unspecified atom stereocenters. The number of hydrogen-bond donors (Lipinski definition) is 3. The lowest BCUT2D eigenvalue weighted by Gasteiger charge is -2.34. The average molecular weight is 584 g/mol. The molecule has 2 aromatic carbocycles. The van der Waals surface area contributed by atoms with Gasteiger partial charge >= 0.3 is 0 Å². The van der Waals surface area contributed by atoms with Crippen LogP contribution < -0.4 is 15.8 Å². The first-order valence-corrected chi connectivity index (χ1v) is 13.6. The second-order valence-corrected chi connectivity index (χ2v) is 10.2. The van der Waals surface area contributed by atoms with E-state index in [1.54, 1.807) is 24.0 Å². The van der Waals surface area contributed by atoms with Crippen molar-refractivity contribution in [1.82, 2.24) is 14.9 Å². The number of nitrogens with two attached hydrogens (primary N) is 1. The minimum absolute atomic E-state index is 0.0311. The third kappa shape index (κ3) is 6.30. The Kier molecular flexibility index (Phi) is 9.49. The van der Waals surface area contributed by atoms with Gasteiger partial charge in [-0.25, -0.2) is 19.4 Å². The minimum atomic E-state index is -1.26. The highest BCUT2D eigenvalue weighted by molar-refractivity contribution is 6.31. The highest BCUT2D eigenvalue weighted by Gasteiger charge is 2.29. The zero-order valence-electron chi connectivity index (χ0n) is 23.0. The smallest absolute Gasteiger partial charge is 0.215 e. The number of rotatable bonds is 9. The van der Waals surface area contributed by atoms with Crippen molar-refractivity contribution in [2.45, 2.75) is 58.0 Å². The number of nitrogens with zero attached hydrogens (tertiary/aromatic N) is 4. The number of nitrogens with one attached hydrogen (secondary N) is 2. The summed E-state index contributed by atoms with van der Waals surface area (Å²) >= 11 is 6.36. The number of halogens is 3. The van der Waals surface area contributed by atoms with Gasteiger partial charge in [0.2, 0.25) is 12.2 Å². The van der Waals surface area contributed by atoms with Crippen LogP contribution in [-0.4, -0.2) is 52.0 Å². The highest BCUT2D eigenvalue weighted by atomic mass is 35.5. The van der Waals surface area contributed by atoms with Gasteiger partial charge in [0, 0.05) is 16.6 Å². The molecule has 41 heavy (non-hydrogen) atoms. The molecule has 0 spiro atoms. The Morgan fingerprint density at radius 3 is 2.63 bits per heavy atom. The predicted molar refractivity (Wildman–Crippen MR) is 156 cm³/mol. The average Bonchev–Trinajstić information content (AvgIpc) is 2.97. The molecule has 1 amide bonds. The molecule has 1 aliphatic carbocycles. The lowest BCUT2D eigenvalue weighted by molar-refractivity contribution is -0.116. The van der Waals surface area contributed by atoms with Gasteiger partial charge in [0.15, 0.2) is 11.6 Å². The molecular weight excluding hydrogens is 552 g/mol. The summed E-state index contributed by atoms with van der Waals surface area (Å²) in [5.74, 6) is -2.39. The number of aromatic nitrogens is 2. The van der Waals surface area contributed by atoms with Crippen LogP contribution in [-0.2, 0) is 4.79 Å². The molecule has 4 rings (SSSR count). The molecule has 1 heterocycles. The van der Waals surface area contributed by atoms with Crippen LogP contribution in [0.4, 0.5) is 26.1 Å². The van der Waals surface area contributed by atoms with Crippen LogP contribution in [0.3, 0.4) is 0 Å². The lowest BCUT2D eigenvalue weighted by Crippen LogP contribution is -2.47. The summed E-state index contributed by atoms with van der Waals surface area (Å²) in [4.78, 5) is 27.2. The maximum absolute atomic E-state index is 14.9. The van der Waals surface area contributed by atoms with Crippen LogP contribution in [0.2, 0.25) is 5.02 Å². The molecule has 1 aromatic heterocycles. The largest absolute Gasteiger partial charge is 0.494 e. The maximum atomic E-state index is 14.9. The molecular formula is C29H32ClF2N7O2. The van der Waals surface area contributed by atoms with E-state index in [9.17, 15) is 13.6 Å². The number of hydrogen-bond acceptors (Lipinski definition) is 8. The first-order chi connectivity index (χ1) is 19.7.